The van der Waals surface area contributed by atoms with Crippen LogP contribution in [-0.2, 0) is 6.42 Å². The molecule has 0 amide bonds. The zero-order chi connectivity index (χ0) is 29.5. The lowest BCUT2D eigenvalue weighted by atomic mass is 9.91. The fourth-order valence-electron chi connectivity index (χ4n) is 6.62. The first-order valence-electron chi connectivity index (χ1n) is 15.2. The second kappa shape index (κ2) is 10.9. The molecule has 0 saturated heterocycles. The molecule has 0 aromatic heterocycles. The van der Waals surface area contributed by atoms with Gasteiger partial charge < -0.3 is 4.18 Å². The maximum absolute atomic E-state index is 7.71. The Kier molecular flexibility index (Phi) is 6.61. The summed E-state index contributed by atoms with van der Waals surface area (Å²) >= 11 is 0. The van der Waals surface area contributed by atoms with Gasteiger partial charge in [-0.2, -0.15) is 0 Å². The number of benzene rings is 7. The molecule has 44 heavy (non-hydrogen) atoms. The molecule has 0 radical (unpaired) electrons. The molecule has 0 spiro atoms. The van der Waals surface area contributed by atoms with E-state index >= 15 is 0 Å². The van der Waals surface area contributed by atoms with Gasteiger partial charge in [0.05, 0.1) is 11.4 Å². The molecule has 7 aromatic carbocycles. The number of hydrogen-bond donors (Lipinski definition) is 0. The molecule has 2 nitrogen and oxygen atoms in total. The van der Waals surface area contributed by atoms with E-state index < -0.39 is 10.5 Å². The fourth-order valence-corrected chi connectivity index (χ4v) is 9.96. The van der Waals surface area contributed by atoms with Crippen molar-refractivity contribution in [2.45, 2.75) is 18.2 Å². The van der Waals surface area contributed by atoms with E-state index in [-0.39, 0.29) is 0 Å². The van der Waals surface area contributed by atoms with Crippen LogP contribution >= 0.6 is 10.5 Å². The molecule has 0 saturated carbocycles. The Balaban J connectivity index is 1.52. The van der Waals surface area contributed by atoms with Crippen LogP contribution < -0.4 is 8.49 Å². The second-order valence-electron chi connectivity index (χ2n) is 11.5. The van der Waals surface area contributed by atoms with Gasteiger partial charge in [0.15, 0.2) is 0 Å². The number of fused-ring (bicyclic) bond motifs is 7. The average Bonchev–Trinajstić information content (AvgIpc) is 3.21. The van der Waals surface area contributed by atoms with Gasteiger partial charge in [0.25, 0.3) is 0 Å². The SMILES string of the molecule is Cc1cccc(N2c3ccc4ccccc4c3-c3c(ccc4ccccc34)OS2(CCc2ccccc2)c2ccccc2)c1. The number of aryl methyl sites for hydroxylation is 2. The lowest BCUT2D eigenvalue weighted by Crippen LogP contribution is -2.30. The fraction of sp³-hybridized carbons (Fsp3) is 0.0732. The summed E-state index contributed by atoms with van der Waals surface area (Å²) in [6.07, 6.45) is 0.888. The van der Waals surface area contributed by atoms with Gasteiger partial charge in [-0.15, -0.1) is 0 Å². The standard InChI is InChI=1S/C41H33NOS/c1-30-13-12-18-34(29-30)42-38-25-23-32-16-8-10-21-36(32)40(38)41-37-22-11-9-17-33(37)24-26-39(41)43-44(42,35-19-6-3-7-20-35)28-27-31-14-4-2-5-15-31/h2-26,29H,27-28H2,1H3. The van der Waals surface area contributed by atoms with Crippen LogP contribution in [0.4, 0.5) is 11.4 Å². The number of rotatable bonds is 5. The number of anilines is 2. The highest BCUT2D eigenvalue weighted by molar-refractivity contribution is 8.31. The summed E-state index contributed by atoms with van der Waals surface area (Å²) in [5.74, 6) is 1.76. The largest absolute Gasteiger partial charge is 0.425 e. The van der Waals surface area contributed by atoms with E-state index in [1.165, 1.54) is 48.8 Å². The summed E-state index contributed by atoms with van der Waals surface area (Å²) in [5, 5.41) is 4.87. The molecule has 0 bridgehead atoms. The van der Waals surface area contributed by atoms with Gasteiger partial charge in [0.2, 0.25) is 0 Å². The van der Waals surface area contributed by atoms with Crippen molar-refractivity contribution in [2.24, 2.45) is 0 Å². The van der Waals surface area contributed by atoms with E-state index in [0.29, 0.717) is 0 Å². The van der Waals surface area contributed by atoms with Crippen molar-refractivity contribution in [1.29, 1.82) is 0 Å². The van der Waals surface area contributed by atoms with Gasteiger partial charge in [0.1, 0.15) is 5.75 Å². The van der Waals surface area contributed by atoms with Gasteiger partial charge >= 0.3 is 0 Å². The van der Waals surface area contributed by atoms with Crippen molar-refractivity contribution in [3.05, 3.63) is 169 Å². The van der Waals surface area contributed by atoms with Crippen LogP contribution in [-0.4, -0.2) is 5.75 Å². The third-order valence-corrected chi connectivity index (χ3v) is 11.9. The summed E-state index contributed by atoms with van der Waals surface area (Å²) < 4.78 is 10.3. The van der Waals surface area contributed by atoms with Gasteiger partial charge in [-0.1, -0.05) is 121 Å². The van der Waals surface area contributed by atoms with E-state index in [2.05, 4.69) is 169 Å². The van der Waals surface area contributed by atoms with Crippen molar-refractivity contribution < 1.29 is 4.18 Å². The Morgan fingerprint density at radius 3 is 1.93 bits per heavy atom. The quantitative estimate of drug-likeness (QED) is 0.199. The van der Waals surface area contributed by atoms with E-state index in [9.17, 15) is 0 Å². The maximum Gasteiger partial charge on any atom is 0.146 e. The number of nitrogens with zero attached hydrogens (tertiary/aromatic N) is 1. The molecular weight excluding hydrogens is 555 g/mol. The minimum Gasteiger partial charge on any atom is -0.425 e. The van der Waals surface area contributed by atoms with Crippen molar-refractivity contribution in [3.63, 3.8) is 0 Å². The second-order valence-corrected chi connectivity index (χ2v) is 14.1. The number of hydrogen-bond acceptors (Lipinski definition) is 2. The topological polar surface area (TPSA) is 12.5 Å². The molecule has 3 heteroatoms. The first kappa shape index (κ1) is 26.6. The average molecular weight is 588 g/mol. The Morgan fingerprint density at radius 2 is 1.20 bits per heavy atom. The van der Waals surface area contributed by atoms with Crippen LogP contribution in [0, 0.1) is 6.92 Å². The Hall–Kier alpha value is -4.99. The monoisotopic (exact) mass is 587 g/mol. The van der Waals surface area contributed by atoms with E-state index in [1.807, 2.05) is 0 Å². The predicted octanol–water partition coefficient (Wildman–Crippen LogP) is 11.4. The highest BCUT2D eigenvalue weighted by Crippen LogP contribution is 2.68. The van der Waals surface area contributed by atoms with Gasteiger partial charge in [-0.25, -0.2) is 0 Å². The molecular formula is C41H33NOS. The first-order valence-corrected chi connectivity index (χ1v) is 16.9. The van der Waals surface area contributed by atoms with Crippen molar-refractivity contribution in [3.8, 4) is 16.9 Å². The van der Waals surface area contributed by atoms with E-state index in [4.69, 9.17) is 4.18 Å². The molecule has 1 heterocycles. The van der Waals surface area contributed by atoms with Crippen LogP contribution in [0.25, 0.3) is 32.7 Å². The van der Waals surface area contributed by atoms with Crippen LogP contribution in [0.1, 0.15) is 11.1 Å². The zero-order valence-corrected chi connectivity index (χ0v) is 25.5. The smallest absolute Gasteiger partial charge is 0.146 e. The van der Waals surface area contributed by atoms with Gasteiger partial charge in [-0.05, 0) is 82.4 Å². The molecule has 1 aliphatic heterocycles. The molecule has 214 valence electrons. The molecule has 1 aliphatic rings. The Bertz CT molecular complexity index is 2130. The van der Waals surface area contributed by atoms with Crippen LogP contribution in [0.15, 0.2) is 163 Å². The van der Waals surface area contributed by atoms with Crippen LogP contribution in [0.5, 0.6) is 5.75 Å². The van der Waals surface area contributed by atoms with Crippen molar-refractivity contribution in [2.75, 3.05) is 10.1 Å². The molecule has 1 atom stereocenters. The molecule has 0 fully saturated rings. The highest BCUT2D eigenvalue weighted by Gasteiger charge is 2.42. The molecule has 1 unspecified atom stereocenters. The minimum atomic E-state index is -2.15. The Morgan fingerprint density at radius 1 is 0.568 bits per heavy atom. The molecule has 0 aliphatic carbocycles. The lowest BCUT2D eigenvalue weighted by Gasteiger charge is -2.48. The van der Waals surface area contributed by atoms with E-state index in [1.54, 1.807) is 0 Å². The summed E-state index contributed by atoms with van der Waals surface area (Å²) in [6.45, 7) is 2.18. The summed E-state index contributed by atoms with van der Waals surface area (Å²) in [6, 6.07) is 57.2. The molecule has 8 rings (SSSR count). The van der Waals surface area contributed by atoms with Crippen LogP contribution in [0.3, 0.4) is 0 Å². The minimum absolute atomic E-state index is 0.827. The summed E-state index contributed by atoms with van der Waals surface area (Å²) in [5.41, 5.74) is 7.24. The van der Waals surface area contributed by atoms with Gasteiger partial charge in [-0.3, -0.25) is 4.31 Å². The van der Waals surface area contributed by atoms with Crippen molar-refractivity contribution in [1.82, 2.24) is 0 Å². The van der Waals surface area contributed by atoms with Crippen molar-refractivity contribution >= 4 is 43.4 Å². The maximum atomic E-state index is 7.71. The first-order chi connectivity index (χ1) is 21.7. The molecule has 0 N–H and O–H groups in total. The third kappa shape index (κ3) is 4.44. The van der Waals surface area contributed by atoms with E-state index in [0.717, 1.165) is 29.2 Å². The lowest BCUT2D eigenvalue weighted by molar-refractivity contribution is 0.616. The zero-order valence-electron chi connectivity index (χ0n) is 24.7. The van der Waals surface area contributed by atoms with Gasteiger partial charge in [0, 0.05) is 32.3 Å². The molecule has 7 aromatic rings. The predicted molar refractivity (Wildman–Crippen MR) is 188 cm³/mol. The summed E-state index contributed by atoms with van der Waals surface area (Å²) in [7, 11) is -2.15. The Labute approximate surface area is 260 Å². The van der Waals surface area contributed by atoms with Crippen LogP contribution in [0.2, 0.25) is 0 Å². The normalized spacial score (nSPS) is 17.2. The highest BCUT2D eigenvalue weighted by atomic mass is 32.3. The third-order valence-electron chi connectivity index (χ3n) is 8.65. The summed E-state index contributed by atoms with van der Waals surface area (Å²) in [4.78, 5) is 1.21.